The molecule has 9 aromatic rings. The standard InChI is InChI=1S/C45H31N3/c1-45(2)35-18-10-16-32-33-17-11-19-37(43(33)48-39-21-9-7-15-30(39)34-24-25-36(45)42(41(32)35)44(34)48)46-27-22-23-31-29-14-6-8-20-38(29)47(40(31)26-27)28-12-4-3-5-13-28/h3-26,46H,1-2H3. The van der Waals surface area contributed by atoms with Gasteiger partial charge < -0.3 is 14.5 Å². The average Bonchev–Trinajstić information content (AvgIpc) is 3.68. The summed E-state index contributed by atoms with van der Waals surface area (Å²) in [7, 11) is 0. The van der Waals surface area contributed by atoms with Crippen LogP contribution in [0.15, 0.2) is 146 Å². The number of benzene rings is 7. The van der Waals surface area contributed by atoms with E-state index >= 15 is 0 Å². The molecule has 2 aliphatic rings. The molecule has 7 aromatic carbocycles. The molecule has 1 N–H and O–H groups in total. The zero-order valence-corrected chi connectivity index (χ0v) is 26.8. The Balaban J connectivity index is 1.21. The van der Waals surface area contributed by atoms with Crippen LogP contribution < -0.4 is 5.32 Å². The van der Waals surface area contributed by atoms with Gasteiger partial charge in [0.15, 0.2) is 0 Å². The molecule has 3 heteroatoms. The lowest BCUT2D eigenvalue weighted by molar-refractivity contribution is 0.661. The van der Waals surface area contributed by atoms with Gasteiger partial charge in [0, 0.05) is 49.5 Å². The molecule has 0 atom stereocenters. The van der Waals surface area contributed by atoms with E-state index in [2.05, 4.69) is 174 Å². The van der Waals surface area contributed by atoms with Crippen molar-refractivity contribution in [2.45, 2.75) is 19.3 Å². The van der Waals surface area contributed by atoms with Crippen molar-refractivity contribution < 1.29 is 0 Å². The van der Waals surface area contributed by atoms with Gasteiger partial charge in [-0.3, -0.25) is 0 Å². The lowest BCUT2D eigenvalue weighted by Crippen LogP contribution is -2.15. The molecule has 11 rings (SSSR count). The predicted octanol–water partition coefficient (Wildman–Crippen LogP) is 11.9. The molecule has 1 aliphatic carbocycles. The number of nitrogens with zero attached hydrogens (tertiary/aromatic N) is 2. The molecule has 0 fully saturated rings. The molecule has 0 radical (unpaired) electrons. The summed E-state index contributed by atoms with van der Waals surface area (Å²) < 4.78 is 4.93. The number of anilines is 2. The van der Waals surface area contributed by atoms with Crippen molar-refractivity contribution in [1.29, 1.82) is 0 Å². The summed E-state index contributed by atoms with van der Waals surface area (Å²) >= 11 is 0. The van der Waals surface area contributed by atoms with Crippen LogP contribution in [0.2, 0.25) is 0 Å². The second-order valence-electron chi connectivity index (χ2n) is 13.8. The Bertz CT molecular complexity index is 2830. The van der Waals surface area contributed by atoms with Gasteiger partial charge in [-0.1, -0.05) is 117 Å². The minimum Gasteiger partial charge on any atom is -0.354 e. The van der Waals surface area contributed by atoms with E-state index in [1.165, 1.54) is 82.7 Å². The molecule has 0 spiro atoms. The lowest BCUT2D eigenvalue weighted by atomic mass is 9.81. The first-order valence-corrected chi connectivity index (χ1v) is 16.8. The maximum absolute atomic E-state index is 3.95. The van der Waals surface area contributed by atoms with Crippen molar-refractivity contribution >= 4 is 55.0 Å². The third kappa shape index (κ3) is 3.18. The van der Waals surface area contributed by atoms with E-state index < -0.39 is 0 Å². The molecule has 0 unspecified atom stereocenters. The van der Waals surface area contributed by atoms with Crippen molar-refractivity contribution in [1.82, 2.24) is 9.13 Å². The van der Waals surface area contributed by atoms with Crippen molar-refractivity contribution in [2.75, 3.05) is 5.32 Å². The normalized spacial score (nSPS) is 13.8. The fourth-order valence-electron chi connectivity index (χ4n) is 8.94. The Hall–Kier alpha value is -6.06. The van der Waals surface area contributed by atoms with Crippen LogP contribution in [0.3, 0.4) is 0 Å². The number of para-hydroxylation sites is 4. The maximum atomic E-state index is 3.95. The average molecular weight is 614 g/mol. The largest absolute Gasteiger partial charge is 0.354 e. The van der Waals surface area contributed by atoms with Gasteiger partial charge in [-0.2, -0.15) is 0 Å². The Kier molecular flexibility index (Phi) is 4.91. The van der Waals surface area contributed by atoms with Crippen LogP contribution in [-0.4, -0.2) is 9.13 Å². The molecule has 3 heterocycles. The second kappa shape index (κ2) is 9.05. The Labute approximate surface area is 278 Å². The first-order valence-electron chi connectivity index (χ1n) is 16.8. The molecule has 2 aromatic heterocycles. The summed E-state index contributed by atoms with van der Waals surface area (Å²) in [6.07, 6.45) is 0. The monoisotopic (exact) mass is 613 g/mol. The van der Waals surface area contributed by atoms with Crippen LogP contribution in [0, 0.1) is 0 Å². The fraction of sp³-hybridized carbons (Fsp3) is 0.0667. The highest BCUT2D eigenvalue weighted by Crippen LogP contribution is 2.58. The molecule has 3 nitrogen and oxygen atoms in total. The third-order valence-electron chi connectivity index (χ3n) is 11.0. The van der Waals surface area contributed by atoms with Crippen LogP contribution in [0.4, 0.5) is 11.4 Å². The van der Waals surface area contributed by atoms with Gasteiger partial charge in [-0.15, -0.1) is 0 Å². The topological polar surface area (TPSA) is 21.9 Å². The van der Waals surface area contributed by atoms with Crippen LogP contribution in [-0.2, 0) is 5.41 Å². The highest BCUT2D eigenvalue weighted by atomic mass is 15.0. The van der Waals surface area contributed by atoms with E-state index in [1.54, 1.807) is 0 Å². The van der Waals surface area contributed by atoms with Crippen molar-refractivity contribution in [3.05, 3.63) is 157 Å². The van der Waals surface area contributed by atoms with Crippen LogP contribution >= 0.6 is 0 Å². The zero-order chi connectivity index (χ0) is 31.7. The maximum Gasteiger partial charge on any atom is 0.0776 e. The molecular formula is C45H31N3. The highest BCUT2D eigenvalue weighted by molar-refractivity contribution is 6.19. The summed E-state index contributed by atoms with van der Waals surface area (Å²) in [5.74, 6) is 0. The van der Waals surface area contributed by atoms with Gasteiger partial charge in [0.25, 0.3) is 0 Å². The Morgan fingerprint density at radius 1 is 0.479 bits per heavy atom. The second-order valence-corrected chi connectivity index (χ2v) is 13.8. The zero-order valence-electron chi connectivity index (χ0n) is 26.8. The summed E-state index contributed by atoms with van der Waals surface area (Å²) in [6, 6.07) is 53.5. The Morgan fingerprint density at radius 2 is 1.12 bits per heavy atom. The van der Waals surface area contributed by atoms with E-state index in [9.17, 15) is 0 Å². The van der Waals surface area contributed by atoms with Crippen LogP contribution in [0.25, 0.3) is 77.2 Å². The van der Waals surface area contributed by atoms with Crippen molar-refractivity contribution in [3.8, 4) is 33.6 Å². The fourth-order valence-corrected chi connectivity index (χ4v) is 8.94. The molecule has 0 saturated carbocycles. The van der Waals surface area contributed by atoms with Gasteiger partial charge in [0.1, 0.15) is 0 Å². The quantitative estimate of drug-likeness (QED) is 0.210. The number of hydrogen-bond acceptors (Lipinski definition) is 1. The number of hydrogen-bond donors (Lipinski definition) is 1. The number of fused-ring (bicyclic) bond motifs is 9. The van der Waals surface area contributed by atoms with Crippen molar-refractivity contribution in [2.24, 2.45) is 0 Å². The van der Waals surface area contributed by atoms with E-state index in [1.807, 2.05) is 0 Å². The third-order valence-corrected chi connectivity index (χ3v) is 11.0. The van der Waals surface area contributed by atoms with Gasteiger partial charge in [-0.05, 0) is 64.7 Å². The first-order chi connectivity index (χ1) is 23.6. The van der Waals surface area contributed by atoms with Gasteiger partial charge in [0.05, 0.1) is 33.4 Å². The van der Waals surface area contributed by atoms with Crippen molar-refractivity contribution in [3.63, 3.8) is 0 Å². The van der Waals surface area contributed by atoms with E-state index in [0.717, 1.165) is 17.1 Å². The van der Waals surface area contributed by atoms with Crippen LogP contribution in [0.5, 0.6) is 0 Å². The van der Waals surface area contributed by atoms with E-state index in [-0.39, 0.29) is 5.41 Å². The summed E-state index contributed by atoms with van der Waals surface area (Å²) in [5.41, 5.74) is 17.5. The first kappa shape index (κ1) is 26.1. The predicted molar refractivity (Wildman–Crippen MR) is 201 cm³/mol. The molecule has 0 bridgehead atoms. The number of aromatic nitrogens is 2. The van der Waals surface area contributed by atoms with Crippen LogP contribution in [0.1, 0.15) is 25.0 Å². The van der Waals surface area contributed by atoms with E-state index in [4.69, 9.17) is 0 Å². The van der Waals surface area contributed by atoms with Gasteiger partial charge >= 0.3 is 0 Å². The Morgan fingerprint density at radius 3 is 1.96 bits per heavy atom. The summed E-state index contributed by atoms with van der Waals surface area (Å²) in [5, 5.41) is 9.04. The molecule has 1 aliphatic heterocycles. The number of nitrogens with one attached hydrogen (secondary N) is 1. The molecular weight excluding hydrogens is 583 g/mol. The molecule has 0 saturated heterocycles. The molecule has 226 valence electrons. The SMILES string of the molecule is CC1(C)c2cccc3c2-c2c1ccc1c4ccccc4n(c21)-c1c(Nc2ccc4c5ccccc5n(-c5ccccc5)c4c2)cccc1-3. The number of rotatable bonds is 3. The highest BCUT2D eigenvalue weighted by Gasteiger charge is 2.41. The minimum absolute atomic E-state index is 0.0733. The molecule has 0 amide bonds. The minimum atomic E-state index is -0.0733. The van der Waals surface area contributed by atoms with E-state index in [0.29, 0.717) is 0 Å². The van der Waals surface area contributed by atoms with Gasteiger partial charge in [-0.25, -0.2) is 0 Å². The smallest absolute Gasteiger partial charge is 0.0776 e. The molecule has 48 heavy (non-hydrogen) atoms. The summed E-state index contributed by atoms with van der Waals surface area (Å²) in [6.45, 7) is 4.76. The van der Waals surface area contributed by atoms with Gasteiger partial charge in [0.2, 0.25) is 0 Å². The summed E-state index contributed by atoms with van der Waals surface area (Å²) in [4.78, 5) is 0. The lowest BCUT2D eigenvalue weighted by Gasteiger charge is -2.23.